The zero-order valence-corrected chi connectivity index (χ0v) is 9.64. The van der Waals surface area contributed by atoms with E-state index in [1.807, 2.05) is 27.9 Å². The first kappa shape index (κ1) is 14.0. The highest BCUT2D eigenvalue weighted by Gasteiger charge is 2.21. The molecular formula is C9H15BrN2. The molecule has 0 radical (unpaired) electrons. The fraction of sp³-hybridized carbons (Fsp3) is 0.667. The zero-order chi connectivity index (χ0) is 8.91. The molecule has 1 unspecified atom stereocenters. The minimum atomic E-state index is 0. The minimum Gasteiger partial charge on any atom is -1.00 e. The Kier molecular flexibility index (Phi) is 7.09. The van der Waals surface area contributed by atoms with E-state index < -0.39 is 0 Å². The van der Waals surface area contributed by atoms with Crippen LogP contribution in [-0.4, -0.2) is 31.2 Å². The van der Waals surface area contributed by atoms with Gasteiger partial charge in [0.15, 0.2) is 6.04 Å². The lowest BCUT2D eigenvalue weighted by Crippen LogP contribution is -3.00. The van der Waals surface area contributed by atoms with Crippen molar-refractivity contribution in [3.05, 3.63) is 0 Å². The Morgan fingerprint density at radius 2 is 1.92 bits per heavy atom. The highest BCUT2D eigenvalue weighted by atomic mass is 79.9. The summed E-state index contributed by atoms with van der Waals surface area (Å²) in [5.74, 6) is 5.80. The topological polar surface area (TPSA) is 23.8 Å². The standard InChI is InChI=1S/C9H15N2.BrH/c1-5-6-7-11(3,4)9(2)8-10;/h9H,7H2,1-4H3;1H/q+1;/p-1. The van der Waals surface area contributed by atoms with Crippen molar-refractivity contribution in [3.8, 4) is 17.9 Å². The van der Waals surface area contributed by atoms with Crippen LogP contribution in [0.4, 0.5) is 0 Å². The van der Waals surface area contributed by atoms with E-state index in [0.717, 1.165) is 6.54 Å². The van der Waals surface area contributed by atoms with Crippen molar-refractivity contribution in [1.29, 1.82) is 5.26 Å². The van der Waals surface area contributed by atoms with Crippen LogP contribution in [0.3, 0.4) is 0 Å². The summed E-state index contributed by atoms with van der Waals surface area (Å²) in [6.45, 7) is 4.47. The van der Waals surface area contributed by atoms with Crippen molar-refractivity contribution in [3.63, 3.8) is 0 Å². The van der Waals surface area contributed by atoms with Gasteiger partial charge in [0.2, 0.25) is 0 Å². The normalized spacial score (nSPS) is 11.6. The van der Waals surface area contributed by atoms with Gasteiger partial charge in [-0.1, -0.05) is 0 Å². The first-order valence-corrected chi connectivity index (χ1v) is 3.66. The van der Waals surface area contributed by atoms with Crippen LogP contribution in [0.15, 0.2) is 0 Å². The van der Waals surface area contributed by atoms with Crippen molar-refractivity contribution < 1.29 is 21.5 Å². The maximum Gasteiger partial charge on any atom is 0.174 e. The molecule has 0 saturated carbocycles. The van der Waals surface area contributed by atoms with Crippen LogP contribution >= 0.6 is 0 Å². The number of halogens is 1. The summed E-state index contributed by atoms with van der Waals surface area (Å²) in [6.07, 6.45) is 0. The van der Waals surface area contributed by atoms with Crippen LogP contribution < -0.4 is 17.0 Å². The number of hydrogen-bond acceptors (Lipinski definition) is 1. The lowest BCUT2D eigenvalue weighted by atomic mass is 10.3. The Morgan fingerprint density at radius 3 is 2.25 bits per heavy atom. The maximum absolute atomic E-state index is 8.66. The van der Waals surface area contributed by atoms with Crippen LogP contribution in [-0.2, 0) is 0 Å². The van der Waals surface area contributed by atoms with E-state index in [-0.39, 0.29) is 23.0 Å². The molecule has 0 N–H and O–H groups in total. The van der Waals surface area contributed by atoms with E-state index in [2.05, 4.69) is 17.9 Å². The van der Waals surface area contributed by atoms with Gasteiger partial charge < -0.3 is 21.5 Å². The summed E-state index contributed by atoms with van der Waals surface area (Å²) in [6, 6.07) is 2.23. The molecule has 0 rings (SSSR count). The average molecular weight is 231 g/mol. The van der Waals surface area contributed by atoms with E-state index >= 15 is 0 Å². The molecule has 0 aliphatic carbocycles. The zero-order valence-electron chi connectivity index (χ0n) is 8.06. The molecule has 0 heterocycles. The van der Waals surface area contributed by atoms with Crippen LogP contribution in [0.2, 0.25) is 0 Å². The largest absolute Gasteiger partial charge is 1.00 e. The number of nitrogens with zero attached hydrogens (tertiary/aromatic N) is 2. The SMILES string of the molecule is CC#CC[N+](C)(C)C(C)C#N.[Br-]. The van der Waals surface area contributed by atoms with Gasteiger partial charge in [0, 0.05) is 6.92 Å². The van der Waals surface area contributed by atoms with E-state index in [4.69, 9.17) is 5.26 Å². The summed E-state index contributed by atoms with van der Waals surface area (Å²) in [5.41, 5.74) is 0. The van der Waals surface area contributed by atoms with Crippen LogP contribution in [0.25, 0.3) is 0 Å². The quantitative estimate of drug-likeness (QED) is 0.398. The Balaban J connectivity index is 0. The van der Waals surface area contributed by atoms with Gasteiger partial charge in [0.1, 0.15) is 12.6 Å². The highest BCUT2D eigenvalue weighted by Crippen LogP contribution is 2.03. The third kappa shape index (κ3) is 4.38. The van der Waals surface area contributed by atoms with Gasteiger partial charge in [-0.25, -0.2) is 0 Å². The summed E-state index contributed by atoms with van der Waals surface area (Å²) in [4.78, 5) is 0. The Labute approximate surface area is 85.5 Å². The molecule has 0 fully saturated rings. The van der Waals surface area contributed by atoms with Crippen molar-refractivity contribution in [2.75, 3.05) is 20.6 Å². The third-order valence-corrected chi connectivity index (χ3v) is 1.90. The molecule has 3 heteroatoms. The Hall–Kier alpha value is -0.510. The van der Waals surface area contributed by atoms with E-state index in [1.165, 1.54) is 0 Å². The predicted octanol–water partition coefficient (Wildman–Crippen LogP) is -2.00. The molecule has 68 valence electrons. The third-order valence-electron chi connectivity index (χ3n) is 1.90. The molecule has 12 heavy (non-hydrogen) atoms. The van der Waals surface area contributed by atoms with E-state index in [1.54, 1.807) is 0 Å². The lowest BCUT2D eigenvalue weighted by molar-refractivity contribution is -0.898. The minimum absolute atomic E-state index is 0. The molecule has 2 nitrogen and oxygen atoms in total. The summed E-state index contributed by atoms with van der Waals surface area (Å²) in [5, 5.41) is 8.66. The van der Waals surface area contributed by atoms with Gasteiger partial charge >= 0.3 is 0 Å². The van der Waals surface area contributed by atoms with E-state index in [0.29, 0.717) is 4.48 Å². The first-order valence-electron chi connectivity index (χ1n) is 3.66. The van der Waals surface area contributed by atoms with Gasteiger partial charge in [0.25, 0.3) is 0 Å². The molecule has 0 saturated heterocycles. The smallest absolute Gasteiger partial charge is 0.174 e. The van der Waals surface area contributed by atoms with Crippen molar-refractivity contribution in [2.24, 2.45) is 0 Å². The second kappa shape index (κ2) is 6.06. The predicted molar refractivity (Wildman–Crippen MR) is 45.5 cm³/mol. The number of hydrogen-bond donors (Lipinski definition) is 0. The molecule has 0 aliphatic heterocycles. The summed E-state index contributed by atoms with van der Waals surface area (Å²) < 4.78 is 0.650. The highest BCUT2D eigenvalue weighted by molar-refractivity contribution is 4.96. The molecule has 0 bridgehead atoms. The average Bonchev–Trinajstić information content (AvgIpc) is 1.99. The fourth-order valence-corrected chi connectivity index (χ4v) is 0.576. The fourth-order valence-electron chi connectivity index (χ4n) is 0.576. The van der Waals surface area contributed by atoms with Gasteiger partial charge in [-0.3, -0.25) is 0 Å². The monoisotopic (exact) mass is 230 g/mol. The van der Waals surface area contributed by atoms with Crippen LogP contribution in [0.5, 0.6) is 0 Å². The van der Waals surface area contributed by atoms with E-state index in [9.17, 15) is 0 Å². The van der Waals surface area contributed by atoms with Crippen molar-refractivity contribution in [2.45, 2.75) is 19.9 Å². The second-order valence-electron chi connectivity index (χ2n) is 3.17. The second-order valence-corrected chi connectivity index (χ2v) is 3.17. The summed E-state index contributed by atoms with van der Waals surface area (Å²) in [7, 11) is 4.02. The van der Waals surface area contributed by atoms with Gasteiger partial charge in [0.05, 0.1) is 14.1 Å². The lowest BCUT2D eigenvalue weighted by Gasteiger charge is -2.29. The van der Waals surface area contributed by atoms with Crippen LogP contribution in [0.1, 0.15) is 13.8 Å². The number of rotatable bonds is 2. The maximum atomic E-state index is 8.66. The van der Waals surface area contributed by atoms with Gasteiger partial charge in [-0.05, 0) is 12.8 Å². The molecule has 0 spiro atoms. The first-order chi connectivity index (χ1) is 5.04. The molecule has 0 aliphatic rings. The van der Waals surface area contributed by atoms with Crippen LogP contribution in [0, 0.1) is 23.2 Å². The molecule has 0 aromatic rings. The molecule has 0 aromatic carbocycles. The molecular weight excluding hydrogens is 216 g/mol. The van der Waals surface area contributed by atoms with Gasteiger partial charge in [-0.15, -0.1) is 5.92 Å². The molecule has 0 amide bonds. The Bertz CT molecular complexity index is 217. The van der Waals surface area contributed by atoms with Crippen molar-refractivity contribution >= 4 is 0 Å². The van der Waals surface area contributed by atoms with Crippen molar-refractivity contribution in [1.82, 2.24) is 0 Å². The van der Waals surface area contributed by atoms with Gasteiger partial charge in [-0.2, -0.15) is 5.26 Å². The summed E-state index contributed by atoms with van der Waals surface area (Å²) >= 11 is 0. The number of quaternary nitrogens is 1. The molecule has 1 atom stereocenters. The Morgan fingerprint density at radius 1 is 1.42 bits per heavy atom. The molecule has 0 aromatic heterocycles. The number of nitriles is 1.